The van der Waals surface area contributed by atoms with E-state index in [-0.39, 0.29) is 0 Å². The molecule has 5 heteroatoms. The molecule has 5 nitrogen and oxygen atoms in total. The molecule has 1 saturated carbocycles. The van der Waals surface area contributed by atoms with E-state index in [1.54, 1.807) is 20.1 Å². The van der Waals surface area contributed by atoms with Crippen molar-refractivity contribution in [1.82, 2.24) is 9.55 Å². The highest BCUT2D eigenvalue weighted by Gasteiger charge is 2.25. The van der Waals surface area contributed by atoms with Crippen LogP contribution in [0.3, 0.4) is 0 Å². The molecular formula is C16H20N2O3. The summed E-state index contributed by atoms with van der Waals surface area (Å²) in [7, 11) is 1.60. The van der Waals surface area contributed by atoms with Gasteiger partial charge in [0, 0.05) is 6.04 Å². The lowest BCUT2D eigenvalue weighted by Crippen LogP contribution is -2.04. The maximum atomic E-state index is 9.61. The molecule has 3 rings (SSSR count). The van der Waals surface area contributed by atoms with E-state index < -0.39 is 6.10 Å². The van der Waals surface area contributed by atoms with Crippen LogP contribution in [-0.2, 0) is 6.61 Å². The van der Waals surface area contributed by atoms with Crippen LogP contribution in [0.25, 0.3) is 0 Å². The minimum absolute atomic E-state index is 0.459. The minimum atomic E-state index is -0.524. The standard InChI is InChI=1S/C16H20N2O3/c1-11(19)12-3-6-15(16(7-12)20-2)21-9-14-8-17-10-18(14)13-4-5-13/h3,6-8,10-11,13,19H,4-5,9H2,1-2H3/t11-/m1/s1. The monoisotopic (exact) mass is 288 g/mol. The number of aliphatic hydroxyl groups excluding tert-OH is 1. The number of ether oxygens (including phenoxy) is 2. The fourth-order valence-corrected chi connectivity index (χ4v) is 2.34. The zero-order chi connectivity index (χ0) is 14.8. The highest BCUT2D eigenvalue weighted by atomic mass is 16.5. The van der Waals surface area contributed by atoms with Gasteiger partial charge in [-0.15, -0.1) is 0 Å². The second kappa shape index (κ2) is 5.77. The van der Waals surface area contributed by atoms with Gasteiger partial charge in [-0.3, -0.25) is 0 Å². The normalized spacial score (nSPS) is 15.8. The molecule has 1 aromatic heterocycles. The van der Waals surface area contributed by atoms with Gasteiger partial charge in [-0.1, -0.05) is 6.07 Å². The van der Waals surface area contributed by atoms with Gasteiger partial charge in [0.15, 0.2) is 11.5 Å². The molecule has 0 spiro atoms. The Balaban J connectivity index is 1.73. The first-order chi connectivity index (χ1) is 10.2. The Hall–Kier alpha value is -2.01. The van der Waals surface area contributed by atoms with Crippen LogP contribution in [0.1, 0.15) is 43.2 Å². The number of aliphatic hydroxyl groups is 1. The molecule has 0 amide bonds. The average molecular weight is 288 g/mol. The van der Waals surface area contributed by atoms with Crippen molar-refractivity contribution >= 4 is 0 Å². The minimum Gasteiger partial charge on any atom is -0.493 e. The Kier molecular flexibility index (Phi) is 3.84. The van der Waals surface area contributed by atoms with Crippen molar-refractivity contribution in [3.05, 3.63) is 42.0 Å². The molecule has 1 aromatic carbocycles. The van der Waals surface area contributed by atoms with Crippen molar-refractivity contribution in [3.8, 4) is 11.5 Å². The summed E-state index contributed by atoms with van der Waals surface area (Å²) in [5, 5.41) is 9.61. The van der Waals surface area contributed by atoms with Crippen LogP contribution in [0.4, 0.5) is 0 Å². The number of methoxy groups -OCH3 is 1. The molecule has 0 radical (unpaired) electrons. The number of benzene rings is 1. The third-order valence-electron chi connectivity index (χ3n) is 3.73. The van der Waals surface area contributed by atoms with Crippen LogP contribution in [0.2, 0.25) is 0 Å². The van der Waals surface area contributed by atoms with Crippen LogP contribution in [0, 0.1) is 0 Å². The fraction of sp³-hybridized carbons (Fsp3) is 0.438. The Morgan fingerprint density at radius 1 is 1.38 bits per heavy atom. The van der Waals surface area contributed by atoms with Crippen molar-refractivity contribution < 1.29 is 14.6 Å². The Bertz CT molecular complexity index is 618. The van der Waals surface area contributed by atoms with Crippen molar-refractivity contribution in [3.63, 3.8) is 0 Å². The lowest BCUT2D eigenvalue weighted by molar-refractivity contribution is 0.198. The van der Waals surface area contributed by atoms with Crippen molar-refractivity contribution in [1.29, 1.82) is 0 Å². The molecule has 2 aromatic rings. The zero-order valence-electron chi connectivity index (χ0n) is 12.3. The van der Waals surface area contributed by atoms with E-state index in [0.29, 0.717) is 24.1 Å². The molecule has 112 valence electrons. The molecule has 1 atom stereocenters. The summed E-state index contributed by atoms with van der Waals surface area (Å²) in [4.78, 5) is 4.19. The van der Waals surface area contributed by atoms with E-state index in [1.165, 1.54) is 12.8 Å². The topological polar surface area (TPSA) is 56.5 Å². The van der Waals surface area contributed by atoms with Crippen molar-refractivity contribution in [2.45, 2.75) is 38.5 Å². The van der Waals surface area contributed by atoms with E-state index in [4.69, 9.17) is 9.47 Å². The maximum absolute atomic E-state index is 9.61. The van der Waals surface area contributed by atoms with E-state index in [0.717, 1.165) is 11.3 Å². The number of imidazole rings is 1. The molecule has 1 aliphatic rings. The third kappa shape index (κ3) is 3.03. The summed E-state index contributed by atoms with van der Waals surface area (Å²) >= 11 is 0. The molecule has 0 aliphatic heterocycles. The van der Waals surface area contributed by atoms with Gasteiger partial charge in [0.25, 0.3) is 0 Å². The Labute approximate surface area is 124 Å². The van der Waals surface area contributed by atoms with E-state index in [9.17, 15) is 5.11 Å². The van der Waals surface area contributed by atoms with Gasteiger partial charge < -0.3 is 19.1 Å². The second-order valence-electron chi connectivity index (χ2n) is 5.40. The lowest BCUT2D eigenvalue weighted by atomic mass is 10.1. The molecular weight excluding hydrogens is 268 g/mol. The van der Waals surface area contributed by atoms with Crippen LogP contribution >= 0.6 is 0 Å². The largest absolute Gasteiger partial charge is 0.493 e. The van der Waals surface area contributed by atoms with Gasteiger partial charge in [-0.25, -0.2) is 4.98 Å². The number of aromatic nitrogens is 2. The number of rotatable bonds is 6. The summed E-state index contributed by atoms with van der Waals surface area (Å²) in [6.45, 7) is 2.18. The van der Waals surface area contributed by atoms with Gasteiger partial charge in [0.05, 0.1) is 31.4 Å². The molecule has 0 bridgehead atoms. The highest BCUT2D eigenvalue weighted by molar-refractivity contribution is 5.43. The summed E-state index contributed by atoms with van der Waals surface area (Å²) < 4.78 is 13.4. The molecule has 1 N–H and O–H groups in total. The van der Waals surface area contributed by atoms with Gasteiger partial charge in [-0.05, 0) is 37.5 Å². The average Bonchev–Trinajstić information content (AvgIpc) is 3.23. The van der Waals surface area contributed by atoms with E-state index in [2.05, 4.69) is 9.55 Å². The molecule has 0 unspecified atom stereocenters. The molecule has 1 fully saturated rings. The zero-order valence-corrected chi connectivity index (χ0v) is 12.3. The Morgan fingerprint density at radius 3 is 2.86 bits per heavy atom. The van der Waals surface area contributed by atoms with Gasteiger partial charge in [0.1, 0.15) is 6.61 Å². The molecule has 0 saturated heterocycles. The van der Waals surface area contributed by atoms with Crippen molar-refractivity contribution in [2.24, 2.45) is 0 Å². The lowest BCUT2D eigenvalue weighted by Gasteiger charge is -2.14. The van der Waals surface area contributed by atoms with Crippen LogP contribution < -0.4 is 9.47 Å². The van der Waals surface area contributed by atoms with E-state index in [1.807, 2.05) is 24.7 Å². The predicted octanol–water partition coefficient (Wildman–Crippen LogP) is 2.86. The van der Waals surface area contributed by atoms with Crippen LogP contribution in [0.15, 0.2) is 30.7 Å². The first kappa shape index (κ1) is 13.9. The SMILES string of the molecule is COc1cc([C@@H](C)O)ccc1OCc1cncn1C1CC1. The predicted molar refractivity (Wildman–Crippen MR) is 78.5 cm³/mol. The molecule has 21 heavy (non-hydrogen) atoms. The van der Waals surface area contributed by atoms with Gasteiger partial charge >= 0.3 is 0 Å². The fourth-order valence-electron chi connectivity index (χ4n) is 2.34. The number of hydrogen-bond donors (Lipinski definition) is 1. The third-order valence-corrected chi connectivity index (χ3v) is 3.73. The van der Waals surface area contributed by atoms with Crippen molar-refractivity contribution in [2.75, 3.05) is 7.11 Å². The highest BCUT2D eigenvalue weighted by Crippen LogP contribution is 2.36. The van der Waals surface area contributed by atoms with E-state index >= 15 is 0 Å². The number of hydrogen-bond acceptors (Lipinski definition) is 4. The number of nitrogens with zero attached hydrogens (tertiary/aromatic N) is 2. The molecule has 1 heterocycles. The smallest absolute Gasteiger partial charge is 0.161 e. The summed E-state index contributed by atoms with van der Waals surface area (Å²) in [6, 6.07) is 6.07. The van der Waals surface area contributed by atoms with Crippen LogP contribution in [0.5, 0.6) is 11.5 Å². The maximum Gasteiger partial charge on any atom is 0.161 e. The first-order valence-electron chi connectivity index (χ1n) is 7.18. The summed E-state index contributed by atoms with van der Waals surface area (Å²) in [5.41, 5.74) is 1.88. The van der Waals surface area contributed by atoms with Crippen LogP contribution in [-0.4, -0.2) is 21.8 Å². The first-order valence-corrected chi connectivity index (χ1v) is 7.18. The Morgan fingerprint density at radius 2 is 2.19 bits per heavy atom. The second-order valence-corrected chi connectivity index (χ2v) is 5.40. The molecule has 1 aliphatic carbocycles. The van der Waals surface area contributed by atoms with Gasteiger partial charge in [0.2, 0.25) is 0 Å². The van der Waals surface area contributed by atoms with Gasteiger partial charge in [-0.2, -0.15) is 0 Å². The summed E-state index contributed by atoms with van der Waals surface area (Å²) in [5.74, 6) is 1.30. The summed E-state index contributed by atoms with van der Waals surface area (Å²) in [6.07, 6.45) is 5.62. The quantitative estimate of drug-likeness (QED) is 0.888.